The zero-order valence-corrected chi connectivity index (χ0v) is 18.4. The van der Waals surface area contributed by atoms with Crippen molar-refractivity contribution in [1.82, 2.24) is 9.80 Å². The maximum atomic E-state index is 12.3. The number of rotatable bonds is 5. The number of nitrogens with one attached hydrogen (secondary N) is 1. The molecule has 7 nitrogen and oxygen atoms in total. The quantitative estimate of drug-likeness (QED) is 0.803. The summed E-state index contributed by atoms with van der Waals surface area (Å²) in [5, 5.41) is 2.92. The molecular weight excluding hydrogens is 392 g/mol. The summed E-state index contributed by atoms with van der Waals surface area (Å²) in [4.78, 5) is 30.6. The van der Waals surface area contributed by atoms with Crippen molar-refractivity contribution in [2.75, 3.05) is 50.0 Å². The van der Waals surface area contributed by atoms with Crippen LogP contribution in [0.5, 0.6) is 5.75 Å². The van der Waals surface area contributed by atoms with Gasteiger partial charge in [-0.3, -0.25) is 14.5 Å². The molecule has 1 saturated heterocycles. The van der Waals surface area contributed by atoms with Crippen LogP contribution in [0.1, 0.15) is 29.8 Å². The predicted molar refractivity (Wildman–Crippen MR) is 122 cm³/mol. The number of nitrogens with zero attached hydrogens (tertiary/aromatic N) is 3. The molecule has 164 valence electrons. The molecule has 1 N–H and O–H groups in total. The highest BCUT2D eigenvalue weighted by Crippen LogP contribution is 2.31. The number of carbonyl (C=O) groups is 2. The van der Waals surface area contributed by atoms with E-state index in [1.54, 1.807) is 11.8 Å². The highest BCUT2D eigenvalue weighted by atomic mass is 16.5. The van der Waals surface area contributed by atoms with E-state index in [4.69, 9.17) is 4.74 Å². The number of carbonyl (C=O) groups excluding carboxylic acids is 2. The molecule has 0 saturated carbocycles. The lowest BCUT2D eigenvalue weighted by atomic mass is 10.1. The second-order valence-electron chi connectivity index (χ2n) is 8.21. The lowest BCUT2D eigenvalue weighted by Gasteiger charge is -2.36. The standard InChI is InChI=1S/C24H30N4O3/c1-4-26(3)24(30)19-6-8-20(9-7-19)28-13-11-27(12-14-28)16-18-5-10-22-21(15-18)25-23(29)17(2)31-22/h5-10,15,17H,4,11-14,16H2,1-3H3,(H,25,29). The lowest BCUT2D eigenvalue weighted by molar-refractivity contribution is -0.122. The Morgan fingerprint density at radius 3 is 2.52 bits per heavy atom. The van der Waals surface area contributed by atoms with Crippen molar-refractivity contribution in [3.8, 4) is 5.75 Å². The molecular formula is C24H30N4O3. The van der Waals surface area contributed by atoms with Crippen molar-refractivity contribution in [3.05, 3.63) is 53.6 Å². The van der Waals surface area contributed by atoms with Crippen LogP contribution in [0.25, 0.3) is 0 Å². The SMILES string of the molecule is CCN(C)C(=O)c1ccc(N2CCN(Cc3ccc4c(c3)NC(=O)C(C)O4)CC2)cc1. The number of fused-ring (bicyclic) bond motifs is 1. The zero-order chi connectivity index (χ0) is 22.0. The molecule has 1 unspecified atom stereocenters. The number of piperazine rings is 1. The molecule has 2 aromatic rings. The smallest absolute Gasteiger partial charge is 0.265 e. The molecule has 4 rings (SSSR count). The fourth-order valence-corrected chi connectivity index (χ4v) is 3.96. The van der Waals surface area contributed by atoms with E-state index in [0.717, 1.165) is 61.0 Å². The van der Waals surface area contributed by atoms with Crippen molar-refractivity contribution in [2.24, 2.45) is 0 Å². The first kappa shape index (κ1) is 21.2. The maximum absolute atomic E-state index is 12.3. The number of hydrogen-bond acceptors (Lipinski definition) is 5. The summed E-state index contributed by atoms with van der Waals surface area (Å²) in [6.45, 7) is 9.04. The summed E-state index contributed by atoms with van der Waals surface area (Å²) in [6, 6.07) is 13.9. The van der Waals surface area contributed by atoms with Gasteiger partial charge in [0.1, 0.15) is 5.75 Å². The third-order valence-corrected chi connectivity index (χ3v) is 6.05. The van der Waals surface area contributed by atoms with Crippen LogP contribution < -0.4 is 15.0 Å². The minimum Gasteiger partial charge on any atom is -0.479 e. The van der Waals surface area contributed by atoms with Gasteiger partial charge in [0.25, 0.3) is 11.8 Å². The van der Waals surface area contributed by atoms with Gasteiger partial charge in [-0.25, -0.2) is 0 Å². The lowest BCUT2D eigenvalue weighted by Crippen LogP contribution is -2.46. The number of hydrogen-bond donors (Lipinski definition) is 1. The highest BCUT2D eigenvalue weighted by Gasteiger charge is 2.24. The number of anilines is 2. The minimum absolute atomic E-state index is 0.0555. The Morgan fingerprint density at radius 2 is 1.84 bits per heavy atom. The van der Waals surface area contributed by atoms with Crippen molar-refractivity contribution in [2.45, 2.75) is 26.5 Å². The molecule has 7 heteroatoms. The molecule has 2 aromatic carbocycles. The first-order valence-corrected chi connectivity index (χ1v) is 10.9. The monoisotopic (exact) mass is 422 g/mol. The van der Waals surface area contributed by atoms with Gasteiger partial charge in [-0.15, -0.1) is 0 Å². The molecule has 0 radical (unpaired) electrons. The van der Waals surface area contributed by atoms with Crippen LogP contribution in [0.15, 0.2) is 42.5 Å². The molecule has 2 amide bonds. The van der Waals surface area contributed by atoms with Gasteiger partial charge in [0.05, 0.1) is 5.69 Å². The third kappa shape index (κ3) is 4.66. The summed E-state index contributed by atoms with van der Waals surface area (Å²) >= 11 is 0. The van der Waals surface area contributed by atoms with Crippen molar-refractivity contribution < 1.29 is 14.3 Å². The Bertz CT molecular complexity index is 952. The summed E-state index contributed by atoms with van der Waals surface area (Å²) < 4.78 is 5.64. The van der Waals surface area contributed by atoms with E-state index in [2.05, 4.69) is 21.2 Å². The van der Waals surface area contributed by atoms with Crippen LogP contribution >= 0.6 is 0 Å². The van der Waals surface area contributed by atoms with Gasteiger partial charge in [0.15, 0.2) is 6.10 Å². The molecule has 1 atom stereocenters. The van der Waals surface area contributed by atoms with Crippen LogP contribution in [-0.4, -0.2) is 67.5 Å². The van der Waals surface area contributed by atoms with Crippen molar-refractivity contribution in [3.63, 3.8) is 0 Å². The second-order valence-corrected chi connectivity index (χ2v) is 8.21. The predicted octanol–water partition coefficient (Wildman–Crippen LogP) is 2.82. The summed E-state index contributed by atoms with van der Waals surface area (Å²) in [5.74, 6) is 0.681. The molecule has 1 fully saturated rings. The van der Waals surface area contributed by atoms with E-state index < -0.39 is 6.10 Å². The molecule has 31 heavy (non-hydrogen) atoms. The average molecular weight is 423 g/mol. The van der Waals surface area contributed by atoms with E-state index in [1.807, 2.05) is 50.4 Å². The van der Waals surface area contributed by atoms with E-state index >= 15 is 0 Å². The molecule has 0 bridgehead atoms. The topological polar surface area (TPSA) is 65.1 Å². The van der Waals surface area contributed by atoms with Crippen LogP contribution in [0.4, 0.5) is 11.4 Å². The maximum Gasteiger partial charge on any atom is 0.265 e. The van der Waals surface area contributed by atoms with Crippen LogP contribution in [-0.2, 0) is 11.3 Å². The second kappa shape index (κ2) is 8.98. The zero-order valence-electron chi connectivity index (χ0n) is 18.4. The molecule has 0 aromatic heterocycles. The Balaban J connectivity index is 1.33. The number of ether oxygens (including phenoxy) is 1. The van der Waals surface area contributed by atoms with Crippen LogP contribution in [0.3, 0.4) is 0 Å². The average Bonchev–Trinajstić information content (AvgIpc) is 2.79. The van der Waals surface area contributed by atoms with Gasteiger partial charge in [0, 0.05) is 57.6 Å². The first-order valence-electron chi connectivity index (χ1n) is 10.9. The fraction of sp³-hybridized carbons (Fsp3) is 0.417. The first-order chi connectivity index (χ1) is 14.9. The van der Waals surface area contributed by atoms with E-state index in [0.29, 0.717) is 6.54 Å². The summed E-state index contributed by atoms with van der Waals surface area (Å²) in [6.07, 6.45) is -0.453. The molecule has 2 heterocycles. The number of benzene rings is 2. The minimum atomic E-state index is -0.453. The van der Waals surface area contributed by atoms with Gasteiger partial charge in [0.2, 0.25) is 0 Å². The van der Waals surface area contributed by atoms with Crippen molar-refractivity contribution in [1.29, 1.82) is 0 Å². The van der Waals surface area contributed by atoms with Crippen LogP contribution in [0.2, 0.25) is 0 Å². The summed E-state index contributed by atoms with van der Waals surface area (Å²) in [5.41, 5.74) is 3.79. The van der Waals surface area contributed by atoms with Gasteiger partial charge >= 0.3 is 0 Å². The van der Waals surface area contributed by atoms with Gasteiger partial charge in [-0.2, -0.15) is 0 Å². The largest absolute Gasteiger partial charge is 0.479 e. The molecule has 2 aliphatic rings. The van der Waals surface area contributed by atoms with Gasteiger partial charge < -0.3 is 19.9 Å². The van der Waals surface area contributed by atoms with E-state index in [1.165, 1.54) is 0 Å². The van der Waals surface area contributed by atoms with Crippen LogP contribution in [0, 0.1) is 0 Å². The Hall–Kier alpha value is -3.06. The van der Waals surface area contributed by atoms with Crippen molar-refractivity contribution >= 4 is 23.2 Å². The normalized spacial score (nSPS) is 18.7. The fourth-order valence-electron chi connectivity index (χ4n) is 3.96. The van der Waals surface area contributed by atoms with Gasteiger partial charge in [-0.05, 0) is 55.8 Å². The molecule has 0 aliphatic carbocycles. The Kier molecular flexibility index (Phi) is 6.13. The Labute approximate surface area is 183 Å². The third-order valence-electron chi connectivity index (χ3n) is 6.05. The molecule has 0 spiro atoms. The molecule has 2 aliphatic heterocycles. The summed E-state index contributed by atoms with van der Waals surface area (Å²) in [7, 11) is 1.82. The van der Waals surface area contributed by atoms with E-state index in [9.17, 15) is 9.59 Å². The Morgan fingerprint density at radius 1 is 1.13 bits per heavy atom. The van der Waals surface area contributed by atoms with E-state index in [-0.39, 0.29) is 11.8 Å². The number of amides is 2. The van der Waals surface area contributed by atoms with Gasteiger partial charge in [-0.1, -0.05) is 6.07 Å². The highest BCUT2D eigenvalue weighted by molar-refractivity contribution is 5.97.